The third-order valence-electron chi connectivity index (χ3n) is 2.03. The minimum atomic E-state index is -1.15. The van der Waals surface area contributed by atoms with E-state index >= 15 is 0 Å². The Hall–Kier alpha value is -2.65. The molecule has 3 N–H and O–H groups in total. The molecule has 1 rings (SSSR count). The first kappa shape index (κ1) is 18.4. The molecule has 0 aliphatic carbocycles. The average Bonchev–Trinajstić information content (AvgIpc) is 2.69. The molecule has 0 radical (unpaired) electrons. The number of carboxylic acid groups (broad SMARTS) is 1. The molecule has 1 aliphatic heterocycles. The normalized spacial score (nSPS) is 13.3. The fourth-order valence-electron chi connectivity index (χ4n) is 1.16. The number of imide groups is 1. The Morgan fingerprint density at radius 3 is 2.05 bits per heavy atom. The molecular weight excluding hydrogens is 288 g/mol. The second-order valence-electron chi connectivity index (χ2n) is 3.69. The Balaban J connectivity index is 0.000000567. The van der Waals surface area contributed by atoms with Crippen LogP contribution in [0.25, 0.3) is 0 Å². The van der Waals surface area contributed by atoms with Gasteiger partial charge in [0.15, 0.2) is 0 Å². The van der Waals surface area contributed by atoms with Gasteiger partial charge in [0.1, 0.15) is 0 Å². The van der Waals surface area contributed by atoms with E-state index < -0.39 is 36.3 Å². The predicted molar refractivity (Wildman–Crippen MR) is 65.3 cm³/mol. The zero-order valence-corrected chi connectivity index (χ0v) is 11.4. The Labute approximate surface area is 119 Å². The highest BCUT2D eigenvalue weighted by atomic mass is 16.7. The molecule has 0 saturated carbocycles. The van der Waals surface area contributed by atoms with Crippen molar-refractivity contribution in [3.63, 3.8) is 0 Å². The minimum Gasteiger partial charge on any atom is -0.481 e. The van der Waals surface area contributed by atoms with Crippen LogP contribution in [0, 0.1) is 0 Å². The number of hydrogen-bond donors (Lipinski definition) is 2. The molecule has 0 aromatic heterocycles. The molecule has 21 heavy (non-hydrogen) atoms. The molecule has 0 bridgehead atoms. The molecule has 1 heterocycles. The maximum absolute atomic E-state index is 11.0. The Bertz CT molecular complexity index is 418. The van der Waals surface area contributed by atoms with Crippen LogP contribution in [0.15, 0.2) is 0 Å². The highest BCUT2D eigenvalue weighted by Gasteiger charge is 2.32. The van der Waals surface area contributed by atoms with Crippen LogP contribution < -0.4 is 5.73 Å². The van der Waals surface area contributed by atoms with Gasteiger partial charge in [0.2, 0.25) is 0 Å². The number of carboxylic acids is 1. The van der Waals surface area contributed by atoms with Gasteiger partial charge in [-0.25, -0.2) is 9.59 Å². The highest BCUT2D eigenvalue weighted by molar-refractivity contribution is 6.01. The monoisotopic (exact) mass is 304 g/mol. The van der Waals surface area contributed by atoms with E-state index in [1.54, 1.807) is 6.92 Å². The predicted octanol–water partition coefficient (Wildman–Crippen LogP) is -0.440. The standard InChI is InChI=1S/C8H9NO6.C3H7NO2/c10-5-1-2-6(11)9(5)15-8(14)4-3-7(12)13;1-2-6-3(4)5/h1-4H2,(H,12,13);2H2,1H3,(H2,4,5). The van der Waals surface area contributed by atoms with Crippen LogP contribution in [0.5, 0.6) is 0 Å². The van der Waals surface area contributed by atoms with Gasteiger partial charge in [-0.2, -0.15) is 0 Å². The van der Waals surface area contributed by atoms with Crippen LogP contribution >= 0.6 is 0 Å². The number of primary amides is 1. The molecule has 3 amide bonds. The summed E-state index contributed by atoms with van der Waals surface area (Å²) in [6.07, 6.45) is -1.44. The number of carbonyl (C=O) groups excluding carboxylic acids is 4. The van der Waals surface area contributed by atoms with Crippen molar-refractivity contribution < 1.29 is 38.7 Å². The summed E-state index contributed by atoms with van der Waals surface area (Å²) in [5.74, 6) is -3.21. The van der Waals surface area contributed by atoms with Gasteiger partial charge >= 0.3 is 18.0 Å². The van der Waals surface area contributed by atoms with Gasteiger partial charge in [-0.15, -0.1) is 5.06 Å². The summed E-state index contributed by atoms with van der Waals surface area (Å²) < 4.78 is 4.18. The van der Waals surface area contributed by atoms with E-state index in [1.807, 2.05) is 0 Å². The fourth-order valence-corrected chi connectivity index (χ4v) is 1.16. The first-order valence-corrected chi connectivity index (χ1v) is 5.98. The molecule has 0 atom stereocenters. The molecule has 1 saturated heterocycles. The Kier molecular flexibility index (Phi) is 8.11. The van der Waals surface area contributed by atoms with Crippen molar-refractivity contribution in [1.29, 1.82) is 0 Å². The lowest BCUT2D eigenvalue weighted by atomic mass is 10.3. The largest absolute Gasteiger partial charge is 0.481 e. The van der Waals surface area contributed by atoms with Crippen molar-refractivity contribution in [2.75, 3.05) is 6.61 Å². The van der Waals surface area contributed by atoms with E-state index in [9.17, 15) is 24.0 Å². The number of hydroxylamine groups is 2. The van der Waals surface area contributed by atoms with Gasteiger partial charge in [-0.1, -0.05) is 0 Å². The summed E-state index contributed by atoms with van der Waals surface area (Å²) >= 11 is 0. The Morgan fingerprint density at radius 1 is 1.19 bits per heavy atom. The van der Waals surface area contributed by atoms with Gasteiger partial charge in [0, 0.05) is 12.8 Å². The second-order valence-corrected chi connectivity index (χ2v) is 3.69. The van der Waals surface area contributed by atoms with Crippen LogP contribution in [0.3, 0.4) is 0 Å². The summed E-state index contributed by atoms with van der Waals surface area (Å²) in [7, 11) is 0. The van der Waals surface area contributed by atoms with Gasteiger partial charge in [0.25, 0.3) is 11.8 Å². The number of aliphatic carboxylic acids is 1. The molecule has 0 unspecified atom stereocenters. The summed E-state index contributed by atoms with van der Waals surface area (Å²) in [6.45, 7) is 2.06. The topological polar surface area (TPSA) is 153 Å². The molecule has 0 spiro atoms. The number of nitrogens with zero attached hydrogens (tertiary/aromatic N) is 1. The van der Waals surface area contributed by atoms with E-state index in [0.29, 0.717) is 11.7 Å². The van der Waals surface area contributed by atoms with Crippen LogP contribution in [-0.2, 0) is 28.8 Å². The molecule has 0 aromatic carbocycles. The highest BCUT2D eigenvalue weighted by Crippen LogP contribution is 2.12. The number of rotatable bonds is 5. The third kappa shape index (κ3) is 8.18. The quantitative estimate of drug-likeness (QED) is 0.648. The van der Waals surface area contributed by atoms with Crippen LogP contribution in [0.2, 0.25) is 0 Å². The van der Waals surface area contributed by atoms with E-state index in [0.717, 1.165) is 0 Å². The fraction of sp³-hybridized carbons (Fsp3) is 0.545. The van der Waals surface area contributed by atoms with Crippen LogP contribution in [0.1, 0.15) is 32.6 Å². The van der Waals surface area contributed by atoms with Gasteiger partial charge < -0.3 is 20.4 Å². The zero-order valence-electron chi connectivity index (χ0n) is 11.4. The molecular formula is C11H16N2O8. The van der Waals surface area contributed by atoms with Crippen LogP contribution in [0.4, 0.5) is 4.79 Å². The lowest BCUT2D eigenvalue weighted by Crippen LogP contribution is -2.32. The minimum absolute atomic E-state index is 0.0189. The lowest BCUT2D eigenvalue weighted by molar-refractivity contribution is -0.197. The first-order valence-electron chi connectivity index (χ1n) is 5.98. The van der Waals surface area contributed by atoms with Gasteiger partial charge in [-0.3, -0.25) is 14.4 Å². The summed E-state index contributed by atoms with van der Waals surface area (Å²) in [4.78, 5) is 57.0. The smallest absolute Gasteiger partial charge is 0.404 e. The number of ether oxygens (including phenoxy) is 1. The third-order valence-corrected chi connectivity index (χ3v) is 2.03. The van der Waals surface area contributed by atoms with E-state index in [-0.39, 0.29) is 19.3 Å². The molecule has 1 aliphatic rings. The van der Waals surface area contributed by atoms with Crippen molar-refractivity contribution >= 4 is 29.8 Å². The van der Waals surface area contributed by atoms with E-state index in [4.69, 9.17) is 5.11 Å². The number of nitrogens with two attached hydrogens (primary N) is 1. The maximum atomic E-state index is 11.0. The number of hydrogen-bond acceptors (Lipinski definition) is 7. The number of carbonyl (C=O) groups is 5. The second kappa shape index (κ2) is 9.28. The van der Waals surface area contributed by atoms with Crippen molar-refractivity contribution in [2.24, 2.45) is 5.73 Å². The summed E-state index contributed by atoms with van der Waals surface area (Å²) in [5, 5.41) is 8.66. The van der Waals surface area contributed by atoms with Gasteiger partial charge in [-0.05, 0) is 6.92 Å². The Morgan fingerprint density at radius 2 is 1.71 bits per heavy atom. The van der Waals surface area contributed by atoms with E-state index in [2.05, 4.69) is 15.3 Å². The van der Waals surface area contributed by atoms with Crippen LogP contribution in [-0.4, -0.2) is 46.6 Å². The van der Waals surface area contributed by atoms with Crippen molar-refractivity contribution in [1.82, 2.24) is 5.06 Å². The molecule has 1 fully saturated rings. The number of amides is 3. The molecule has 0 aromatic rings. The first-order chi connectivity index (χ1) is 9.77. The van der Waals surface area contributed by atoms with E-state index in [1.165, 1.54) is 0 Å². The lowest BCUT2D eigenvalue weighted by Gasteiger charge is -2.11. The SMILES string of the molecule is CCOC(N)=O.O=C(O)CCC(=O)ON1C(=O)CCC1=O. The van der Waals surface area contributed by atoms with Gasteiger partial charge in [0.05, 0.1) is 19.4 Å². The van der Waals surface area contributed by atoms with Crippen molar-refractivity contribution in [3.8, 4) is 0 Å². The summed E-state index contributed by atoms with van der Waals surface area (Å²) in [6, 6.07) is 0. The molecule has 118 valence electrons. The zero-order chi connectivity index (χ0) is 16.4. The summed E-state index contributed by atoms with van der Waals surface area (Å²) in [5.41, 5.74) is 4.54. The van der Waals surface area contributed by atoms with Crippen molar-refractivity contribution in [3.05, 3.63) is 0 Å². The average molecular weight is 304 g/mol. The molecule has 10 nitrogen and oxygen atoms in total. The molecule has 10 heteroatoms. The maximum Gasteiger partial charge on any atom is 0.404 e. The van der Waals surface area contributed by atoms with Crippen molar-refractivity contribution in [2.45, 2.75) is 32.6 Å².